The second-order valence-electron chi connectivity index (χ2n) is 5.61. The zero-order chi connectivity index (χ0) is 20.4. The van der Waals surface area contributed by atoms with Gasteiger partial charge in [0.1, 0.15) is 0 Å². The van der Waals surface area contributed by atoms with Crippen LogP contribution >= 0.6 is 11.8 Å². The molecule has 148 valence electrons. The monoisotopic (exact) mass is 404 g/mol. The standard InChI is InChI=1S/C19H20N2O6S/c1-26-17-8-7-15(11-16(17)21(24)25)19(23)27-12-18(22)20-9-10-28-13-14-5-3-2-4-6-14/h2-8,11H,9-10,12-13H2,1H3,(H,20,22). The molecule has 2 aromatic carbocycles. The van der Waals surface area contributed by atoms with Crippen LogP contribution in [0.4, 0.5) is 5.69 Å². The Labute approximate surface area is 166 Å². The predicted molar refractivity (Wildman–Crippen MR) is 106 cm³/mol. The van der Waals surface area contributed by atoms with Crippen LogP contribution in [0.1, 0.15) is 15.9 Å². The lowest BCUT2D eigenvalue weighted by molar-refractivity contribution is -0.385. The Morgan fingerprint density at radius 2 is 1.93 bits per heavy atom. The van der Waals surface area contributed by atoms with Gasteiger partial charge in [0, 0.05) is 24.1 Å². The number of hydrogen-bond donors (Lipinski definition) is 1. The van der Waals surface area contributed by atoms with E-state index in [4.69, 9.17) is 9.47 Å². The molecule has 1 amide bonds. The minimum Gasteiger partial charge on any atom is -0.490 e. The summed E-state index contributed by atoms with van der Waals surface area (Å²) in [6.07, 6.45) is 0. The van der Waals surface area contributed by atoms with Gasteiger partial charge >= 0.3 is 11.7 Å². The second-order valence-corrected chi connectivity index (χ2v) is 6.71. The van der Waals surface area contributed by atoms with Crippen LogP contribution in [0.2, 0.25) is 0 Å². The molecule has 0 radical (unpaired) electrons. The number of amides is 1. The van der Waals surface area contributed by atoms with E-state index in [1.165, 1.54) is 24.8 Å². The molecular formula is C19H20N2O6S. The van der Waals surface area contributed by atoms with E-state index in [1.807, 2.05) is 30.3 Å². The number of benzene rings is 2. The van der Waals surface area contributed by atoms with Crippen LogP contribution in [0, 0.1) is 10.1 Å². The maximum atomic E-state index is 12.0. The molecule has 0 atom stereocenters. The lowest BCUT2D eigenvalue weighted by Crippen LogP contribution is -2.30. The van der Waals surface area contributed by atoms with Gasteiger partial charge in [-0.25, -0.2) is 4.79 Å². The van der Waals surface area contributed by atoms with E-state index in [2.05, 4.69) is 5.32 Å². The molecule has 2 aromatic rings. The summed E-state index contributed by atoms with van der Waals surface area (Å²) in [6, 6.07) is 13.7. The number of nitro benzene ring substituents is 1. The van der Waals surface area contributed by atoms with Crippen molar-refractivity contribution in [3.8, 4) is 5.75 Å². The first kappa shape index (κ1) is 21.2. The van der Waals surface area contributed by atoms with Crippen LogP contribution in [-0.4, -0.2) is 42.8 Å². The van der Waals surface area contributed by atoms with E-state index in [0.717, 1.165) is 17.6 Å². The van der Waals surface area contributed by atoms with Crippen LogP contribution in [0.15, 0.2) is 48.5 Å². The van der Waals surface area contributed by atoms with Gasteiger partial charge in [-0.05, 0) is 17.7 Å². The van der Waals surface area contributed by atoms with Crippen molar-refractivity contribution in [3.05, 3.63) is 69.8 Å². The Morgan fingerprint density at radius 3 is 2.61 bits per heavy atom. The maximum Gasteiger partial charge on any atom is 0.338 e. The fourth-order valence-corrected chi connectivity index (χ4v) is 3.07. The third kappa shape index (κ3) is 6.58. The van der Waals surface area contributed by atoms with Crippen molar-refractivity contribution < 1.29 is 24.0 Å². The van der Waals surface area contributed by atoms with Gasteiger partial charge in [-0.1, -0.05) is 30.3 Å². The largest absolute Gasteiger partial charge is 0.490 e. The molecule has 0 fully saturated rings. The van der Waals surface area contributed by atoms with Gasteiger partial charge in [-0.15, -0.1) is 0 Å². The van der Waals surface area contributed by atoms with Gasteiger partial charge in [0.15, 0.2) is 12.4 Å². The van der Waals surface area contributed by atoms with Crippen LogP contribution in [0.5, 0.6) is 5.75 Å². The van der Waals surface area contributed by atoms with Crippen molar-refractivity contribution in [1.29, 1.82) is 0 Å². The van der Waals surface area contributed by atoms with Crippen molar-refractivity contribution in [2.75, 3.05) is 26.0 Å². The summed E-state index contributed by atoms with van der Waals surface area (Å²) in [7, 11) is 1.29. The maximum absolute atomic E-state index is 12.0. The summed E-state index contributed by atoms with van der Waals surface area (Å²) in [6.45, 7) is -0.0100. The summed E-state index contributed by atoms with van der Waals surface area (Å²) >= 11 is 1.68. The number of thioether (sulfide) groups is 1. The smallest absolute Gasteiger partial charge is 0.338 e. The van der Waals surface area contributed by atoms with Gasteiger partial charge in [-0.2, -0.15) is 11.8 Å². The van der Waals surface area contributed by atoms with Gasteiger partial charge < -0.3 is 14.8 Å². The predicted octanol–water partition coefficient (Wildman–Crippen LogP) is 2.81. The van der Waals surface area contributed by atoms with Crippen molar-refractivity contribution in [2.24, 2.45) is 0 Å². The molecule has 0 unspecified atom stereocenters. The molecule has 0 saturated heterocycles. The topological polar surface area (TPSA) is 108 Å². The minimum absolute atomic E-state index is 0.0290. The lowest BCUT2D eigenvalue weighted by atomic mass is 10.2. The number of carbonyl (C=O) groups excluding carboxylic acids is 2. The first-order chi connectivity index (χ1) is 13.5. The van der Waals surface area contributed by atoms with E-state index in [0.29, 0.717) is 6.54 Å². The van der Waals surface area contributed by atoms with Crippen molar-refractivity contribution >= 4 is 29.3 Å². The summed E-state index contributed by atoms with van der Waals surface area (Å²) in [5, 5.41) is 13.6. The molecule has 0 aromatic heterocycles. The van der Waals surface area contributed by atoms with Crippen LogP contribution in [0.25, 0.3) is 0 Å². The Hall–Kier alpha value is -3.07. The van der Waals surface area contributed by atoms with Crippen molar-refractivity contribution in [1.82, 2.24) is 5.32 Å². The number of ether oxygens (including phenoxy) is 2. The highest BCUT2D eigenvalue weighted by atomic mass is 32.2. The van der Waals surface area contributed by atoms with E-state index in [9.17, 15) is 19.7 Å². The quantitative estimate of drug-likeness (QED) is 0.281. The summed E-state index contributed by atoms with van der Waals surface area (Å²) < 4.78 is 9.78. The average molecular weight is 404 g/mol. The average Bonchev–Trinajstić information content (AvgIpc) is 2.71. The summed E-state index contributed by atoms with van der Waals surface area (Å²) in [5.74, 6) is 0.351. The normalized spacial score (nSPS) is 10.2. The van der Waals surface area contributed by atoms with Crippen molar-refractivity contribution in [3.63, 3.8) is 0 Å². The Balaban J connectivity index is 1.71. The van der Waals surface area contributed by atoms with Crippen LogP contribution < -0.4 is 10.1 Å². The SMILES string of the molecule is COc1ccc(C(=O)OCC(=O)NCCSCc2ccccc2)cc1[N+](=O)[O-]. The number of nitro groups is 1. The second kappa shape index (κ2) is 10.9. The molecule has 0 spiro atoms. The zero-order valence-corrected chi connectivity index (χ0v) is 16.1. The number of nitrogens with zero attached hydrogens (tertiary/aromatic N) is 1. The third-order valence-corrected chi connectivity index (χ3v) is 4.66. The molecule has 0 aliphatic rings. The Morgan fingerprint density at radius 1 is 1.18 bits per heavy atom. The highest BCUT2D eigenvalue weighted by Gasteiger charge is 2.19. The van der Waals surface area contributed by atoms with Gasteiger partial charge in [-0.3, -0.25) is 14.9 Å². The summed E-state index contributed by atoms with van der Waals surface area (Å²) in [5.41, 5.74) is 0.830. The lowest BCUT2D eigenvalue weighted by Gasteiger charge is -2.07. The zero-order valence-electron chi connectivity index (χ0n) is 15.3. The van der Waals surface area contributed by atoms with E-state index in [1.54, 1.807) is 11.8 Å². The first-order valence-corrected chi connectivity index (χ1v) is 9.54. The molecule has 28 heavy (non-hydrogen) atoms. The van der Waals surface area contributed by atoms with E-state index in [-0.39, 0.29) is 17.0 Å². The molecule has 0 saturated carbocycles. The number of rotatable bonds is 10. The fraction of sp³-hybridized carbons (Fsp3) is 0.263. The molecule has 0 aliphatic heterocycles. The molecule has 0 aliphatic carbocycles. The number of methoxy groups -OCH3 is 1. The van der Waals surface area contributed by atoms with Crippen molar-refractivity contribution in [2.45, 2.75) is 5.75 Å². The van der Waals surface area contributed by atoms with Gasteiger partial charge in [0.05, 0.1) is 17.6 Å². The molecule has 9 heteroatoms. The van der Waals surface area contributed by atoms with E-state index < -0.39 is 23.4 Å². The summed E-state index contributed by atoms with van der Waals surface area (Å²) in [4.78, 5) is 34.1. The highest BCUT2D eigenvalue weighted by molar-refractivity contribution is 7.98. The van der Waals surface area contributed by atoms with Crippen LogP contribution in [-0.2, 0) is 15.3 Å². The molecule has 2 rings (SSSR count). The van der Waals surface area contributed by atoms with E-state index >= 15 is 0 Å². The fourth-order valence-electron chi connectivity index (χ4n) is 2.25. The minimum atomic E-state index is -0.820. The number of esters is 1. The molecular weight excluding hydrogens is 384 g/mol. The molecule has 0 heterocycles. The third-order valence-electron chi connectivity index (χ3n) is 3.63. The number of carbonyl (C=O) groups is 2. The number of nitrogens with one attached hydrogen (secondary N) is 1. The van der Waals surface area contributed by atoms with Crippen LogP contribution in [0.3, 0.4) is 0 Å². The Kier molecular flexibility index (Phi) is 8.29. The molecule has 0 bridgehead atoms. The highest BCUT2D eigenvalue weighted by Crippen LogP contribution is 2.27. The molecule has 1 N–H and O–H groups in total. The Bertz CT molecular complexity index is 828. The molecule has 8 nitrogen and oxygen atoms in total. The van der Waals surface area contributed by atoms with Gasteiger partial charge in [0.2, 0.25) is 0 Å². The van der Waals surface area contributed by atoms with Gasteiger partial charge in [0.25, 0.3) is 5.91 Å². The number of hydrogen-bond acceptors (Lipinski definition) is 7. The first-order valence-electron chi connectivity index (χ1n) is 8.39.